The van der Waals surface area contributed by atoms with E-state index < -0.39 is 28.5 Å². The molecular weight excluding hydrogens is 438 g/mol. The Morgan fingerprint density at radius 3 is 2.59 bits per heavy atom. The summed E-state index contributed by atoms with van der Waals surface area (Å²) in [7, 11) is -2.02. The van der Waals surface area contributed by atoms with Gasteiger partial charge in [0.05, 0.1) is 15.7 Å². The fourth-order valence-electron chi connectivity index (χ4n) is 3.05. The van der Waals surface area contributed by atoms with Crippen LogP contribution in [0, 0.1) is 5.82 Å². The minimum absolute atomic E-state index is 0.0166. The standard InChI is InChI=1S/C20H13Cl2FN2O3S/c21-14-8-16(23)13-7-17(14)25-29(28)18-6-11(5-15(22)19(18)26)20(27)24-9-10-3-1-2-4-12(10)13/h1-8,25-26H,9H2,(H,24,27). The van der Waals surface area contributed by atoms with Crippen molar-refractivity contribution in [2.24, 2.45) is 0 Å². The number of carbonyl (C=O) groups excluding carboxylic acids is 1. The van der Waals surface area contributed by atoms with E-state index in [0.29, 0.717) is 11.1 Å². The normalized spacial score (nSPS) is 15.8. The number of benzene rings is 3. The molecule has 3 aromatic carbocycles. The average Bonchev–Trinajstić information content (AvgIpc) is 2.70. The van der Waals surface area contributed by atoms with Crippen molar-refractivity contribution >= 4 is 45.8 Å². The van der Waals surface area contributed by atoms with Gasteiger partial charge in [-0.1, -0.05) is 47.5 Å². The zero-order valence-electron chi connectivity index (χ0n) is 14.6. The molecule has 3 N–H and O–H groups in total. The number of hydrogen-bond donors (Lipinski definition) is 3. The zero-order chi connectivity index (χ0) is 20.7. The highest BCUT2D eigenvalue weighted by Gasteiger charge is 2.21. The van der Waals surface area contributed by atoms with Gasteiger partial charge in [0.25, 0.3) is 5.91 Å². The minimum Gasteiger partial charge on any atom is -0.505 e. The van der Waals surface area contributed by atoms with E-state index in [9.17, 15) is 18.5 Å². The van der Waals surface area contributed by atoms with Crippen molar-refractivity contribution in [3.05, 3.63) is 75.5 Å². The molecule has 0 aliphatic carbocycles. The highest BCUT2D eigenvalue weighted by Crippen LogP contribution is 2.36. The van der Waals surface area contributed by atoms with E-state index in [2.05, 4.69) is 10.0 Å². The molecule has 4 rings (SSSR count). The molecule has 1 aliphatic rings. The number of anilines is 1. The van der Waals surface area contributed by atoms with Crippen LogP contribution in [-0.4, -0.2) is 15.2 Å². The van der Waals surface area contributed by atoms with Crippen molar-refractivity contribution in [1.82, 2.24) is 5.32 Å². The number of fused-ring (bicyclic) bond motifs is 6. The Kier molecular flexibility index (Phi) is 5.21. The molecule has 0 fully saturated rings. The van der Waals surface area contributed by atoms with E-state index in [1.54, 1.807) is 24.3 Å². The summed E-state index contributed by atoms with van der Waals surface area (Å²) in [4.78, 5) is 12.5. The topological polar surface area (TPSA) is 78.4 Å². The number of halogens is 3. The van der Waals surface area contributed by atoms with Gasteiger partial charge in [0.2, 0.25) is 0 Å². The molecule has 0 aromatic heterocycles. The van der Waals surface area contributed by atoms with Crippen LogP contribution in [0.2, 0.25) is 10.0 Å². The van der Waals surface area contributed by atoms with Crippen LogP contribution in [0.5, 0.6) is 5.75 Å². The van der Waals surface area contributed by atoms with E-state index in [4.69, 9.17) is 23.2 Å². The van der Waals surface area contributed by atoms with Crippen LogP contribution in [-0.2, 0) is 17.5 Å². The molecule has 1 aliphatic heterocycles. The Balaban J connectivity index is 1.95. The van der Waals surface area contributed by atoms with E-state index in [0.717, 1.165) is 6.07 Å². The van der Waals surface area contributed by atoms with Gasteiger partial charge in [-0.2, -0.15) is 0 Å². The van der Waals surface area contributed by atoms with Crippen LogP contribution in [0.4, 0.5) is 10.1 Å². The lowest BCUT2D eigenvalue weighted by Gasteiger charge is -2.14. The molecule has 3 aromatic rings. The number of amides is 1. The molecule has 5 nitrogen and oxygen atoms in total. The summed E-state index contributed by atoms with van der Waals surface area (Å²) in [5.74, 6) is -1.47. The molecule has 1 heterocycles. The Morgan fingerprint density at radius 2 is 1.79 bits per heavy atom. The molecule has 1 unspecified atom stereocenters. The summed E-state index contributed by atoms with van der Waals surface area (Å²) in [6.07, 6.45) is 0. The maximum atomic E-state index is 14.7. The number of carbonyl (C=O) groups is 1. The molecule has 1 atom stereocenters. The van der Waals surface area contributed by atoms with Crippen LogP contribution in [0.25, 0.3) is 11.1 Å². The predicted molar refractivity (Wildman–Crippen MR) is 111 cm³/mol. The number of nitrogens with one attached hydrogen (secondary N) is 2. The molecule has 0 spiro atoms. The first-order chi connectivity index (χ1) is 13.8. The van der Waals surface area contributed by atoms with Crippen LogP contribution in [0.1, 0.15) is 15.9 Å². The highest BCUT2D eigenvalue weighted by molar-refractivity contribution is 7.86. The third-order valence-corrected chi connectivity index (χ3v) is 6.21. The number of phenols is 1. The van der Waals surface area contributed by atoms with Crippen molar-refractivity contribution in [1.29, 1.82) is 0 Å². The van der Waals surface area contributed by atoms with Gasteiger partial charge in [-0.05, 0) is 35.4 Å². The molecule has 0 radical (unpaired) electrons. The number of hydrogen-bond acceptors (Lipinski definition) is 3. The largest absolute Gasteiger partial charge is 0.505 e. The first-order valence-corrected chi connectivity index (χ1v) is 10.3. The zero-order valence-corrected chi connectivity index (χ0v) is 17.0. The highest BCUT2D eigenvalue weighted by atomic mass is 35.5. The van der Waals surface area contributed by atoms with Crippen LogP contribution in [0.3, 0.4) is 0 Å². The summed E-state index contributed by atoms with van der Waals surface area (Å²) in [6.45, 7) is 0.122. The molecule has 4 bridgehead atoms. The SMILES string of the molecule is O=C1NCc2ccccc2-c2cc(c(Cl)cc2F)NS(=O)c2cc1cc(Cl)c2O. The maximum absolute atomic E-state index is 14.7. The van der Waals surface area contributed by atoms with Crippen LogP contribution in [0.15, 0.2) is 53.4 Å². The van der Waals surface area contributed by atoms with E-state index in [-0.39, 0.29) is 38.3 Å². The second kappa shape index (κ2) is 7.67. The average molecular weight is 451 g/mol. The summed E-state index contributed by atoms with van der Waals surface area (Å²) in [6, 6.07) is 12.1. The Bertz CT molecular complexity index is 1190. The lowest BCUT2D eigenvalue weighted by Crippen LogP contribution is -2.23. The number of aromatic hydroxyl groups is 1. The number of phenolic OH excluding ortho intramolecular Hbond substituents is 1. The minimum atomic E-state index is -2.02. The maximum Gasteiger partial charge on any atom is 0.251 e. The predicted octanol–water partition coefficient (Wildman–Crippen LogP) is 4.88. The smallest absolute Gasteiger partial charge is 0.251 e. The molecule has 0 saturated heterocycles. The summed E-state index contributed by atoms with van der Waals surface area (Å²) < 4.78 is 30.2. The van der Waals surface area contributed by atoms with E-state index in [1.807, 2.05) is 0 Å². The van der Waals surface area contributed by atoms with Crippen molar-refractivity contribution < 1.29 is 18.5 Å². The first-order valence-electron chi connectivity index (χ1n) is 8.41. The summed E-state index contributed by atoms with van der Waals surface area (Å²) in [5.41, 5.74) is 1.79. The van der Waals surface area contributed by atoms with E-state index >= 15 is 0 Å². The molecule has 9 heteroatoms. The molecule has 0 saturated carbocycles. The summed E-state index contributed by atoms with van der Waals surface area (Å²) in [5, 5.41) is 12.8. The van der Waals surface area contributed by atoms with Gasteiger partial charge in [0, 0.05) is 17.7 Å². The number of rotatable bonds is 0. The van der Waals surface area contributed by atoms with Gasteiger partial charge in [0.15, 0.2) is 16.7 Å². The third-order valence-electron chi connectivity index (χ3n) is 4.50. The molecular formula is C20H13Cl2FN2O3S. The monoisotopic (exact) mass is 450 g/mol. The Morgan fingerprint density at radius 1 is 1.03 bits per heavy atom. The molecule has 1 amide bonds. The fraction of sp³-hybridized carbons (Fsp3) is 0.0500. The Labute approximate surface area is 178 Å². The molecule has 148 valence electrons. The Hall–Kier alpha value is -2.61. The second-order valence-electron chi connectivity index (χ2n) is 6.33. The summed E-state index contributed by atoms with van der Waals surface area (Å²) >= 11 is 12.2. The first kappa shape index (κ1) is 19.7. The van der Waals surface area contributed by atoms with Gasteiger partial charge in [-0.25, -0.2) is 8.60 Å². The van der Waals surface area contributed by atoms with Crippen LogP contribution < -0.4 is 10.0 Å². The van der Waals surface area contributed by atoms with Crippen molar-refractivity contribution in [3.8, 4) is 16.9 Å². The van der Waals surface area contributed by atoms with E-state index in [1.165, 1.54) is 18.2 Å². The van der Waals surface area contributed by atoms with Gasteiger partial charge in [0.1, 0.15) is 10.7 Å². The van der Waals surface area contributed by atoms with Crippen LogP contribution >= 0.6 is 23.2 Å². The van der Waals surface area contributed by atoms with Crippen molar-refractivity contribution in [3.63, 3.8) is 0 Å². The quantitative estimate of drug-likeness (QED) is 0.456. The second-order valence-corrected chi connectivity index (χ2v) is 8.32. The van der Waals surface area contributed by atoms with Gasteiger partial charge >= 0.3 is 0 Å². The van der Waals surface area contributed by atoms with Gasteiger partial charge in [-0.3, -0.25) is 9.52 Å². The van der Waals surface area contributed by atoms with Gasteiger partial charge < -0.3 is 10.4 Å². The lowest BCUT2D eigenvalue weighted by molar-refractivity contribution is 0.0950. The molecule has 29 heavy (non-hydrogen) atoms. The lowest BCUT2D eigenvalue weighted by atomic mass is 9.98. The van der Waals surface area contributed by atoms with Crippen molar-refractivity contribution in [2.45, 2.75) is 11.4 Å². The third kappa shape index (κ3) is 3.69. The van der Waals surface area contributed by atoms with Gasteiger partial charge in [-0.15, -0.1) is 0 Å². The van der Waals surface area contributed by atoms with Crippen molar-refractivity contribution in [2.75, 3.05) is 4.72 Å². The fourth-order valence-corrected chi connectivity index (χ4v) is 4.58.